The highest BCUT2D eigenvalue weighted by molar-refractivity contribution is 5.74. The third kappa shape index (κ3) is 1.65. The van der Waals surface area contributed by atoms with Gasteiger partial charge < -0.3 is 4.74 Å². The van der Waals surface area contributed by atoms with Crippen LogP contribution in [0.2, 0.25) is 0 Å². The summed E-state index contributed by atoms with van der Waals surface area (Å²) < 4.78 is 5.34. The number of aliphatic imine (C=N–C) groups is 1. The van der Waals surface area contributed by atoms with Crippen LogP contribution in [0.15, 0.2) is 35.3 Å². The molecule has 0 spiro atoms. The summed E-state index contributed by atoms with van der Waals surface area (Å²) in [5, 5.41) is 0. The largest absolute Gasteiger partial charge is 0.481 e. The van der Waals surface area contributed by atoms with Crippen molar-refractivity contribution in [3.63, 3.8) is 0 Å². The summed E-state index contributed by atoms with van der Waals surface area (Å²) in [6, 6.07) is 10.4. The molecule has 0 saturated heterocycles. The summed E-state index contributed by atoms with van der Waals surface area (Å²) in [6.07, 6.45) is 0.953. The Hall–Kier alpha value is -1.31. The molecule has 1 aromatic carbocycles. The molecule has 1 aliphatic heterocycles. The van der Waals surface area contributed by atoms with Gasteiger partial charge in [-0.05, 0) is 12.5 Å². The fourth-order valence-corrected chi connectivity index (χ4v) is 1.84. The highest BCUT2D eigenvalue weighted by Gasteiger charge is 2.28. The van der Waals surface area contributed by atoms with Crippen LogP contribution in [0, 0.1) is 0 Å². The van der Waals surface area contributed by atoms with Crippen molar-refractivity contribution in [3.8, 4) is 0 Å². The summed E-state index contributed by atoms with van der Waals surface area (Å²) >= 11 is 0. The van der Waals surface area contributed by atoms with Crippen LogP contribution >= 0.6 is 0 Å². The van der Waals surface area contributed by atoms with Crippen LogP contribution in [-0.4, -0.2) is 12.5 Å². The minimum absolute atomic E-state index is 0.0937. The highest BCUT2D eigenvalue weighted by Crippen LogP contribution is 2.31. The number of benzene rings is 1. The molecule has 2 heteroatoms. The van der Waals surface area contributed by atoms with Crippen molar-refractivity contribution in [2.24, 2.45) is 4.99 Å². The molecule has 0 N–H and O–H groups in total. The van der Waals surface area contributed by atoms with Crippen molar-refractivity contribution in [1.82, 2.24) is 0 Å². The number of hydrogen-bond donors (Lipinski definition) is 0. The molecule has 0 aromatic heterocycles. The van der Waals surface area contributed by atoms with Crippen LogP contribution in [0.5, 0.6) is 0 Å². The lowest BCUT2D eigenvalue weighted by Gasteiger charge is -2.30. The van der Waals surface area contributed by atoms with Gasteiger partial charge in [-0.15, -0.1) is 0 Å². The van der Waals surface area contributed by atoms with Crippen molar-refractivity contribution in [1.29, 1.82) is 0 Å². The monoisotopic (exact) mass is 189 g/mol. The van der Waals surface area contributed by atoms with Crippen molar-refractivity contribution in [2.45, 2.75) is 25.8 Å². The van der Waals surface area contributed by atoms with Crippen molar-refractivity contribution in [3.05, 3.63) is 35.9 Å². The van der Waals surface area contributed by atoms with Gasteiger partial charge in [-0.2, -0.15) is 0 Å². The Kier molecular flexibility index (Phi) is 2.28. The second kappa shape index (κ2) is 3.45. The number of ether oxygens (including phenoxy) is 1. The molecule has 0 radical (unpaired) electrons. The van der Waals surface area contributed by atoms with E-state index in [-0.39, 0.29) is 5.54 Å². The van der Waals surface area contributed by atoms with E-state index >= 15 is 0 Å². The van der Waals surface area contributed by atoms with Gasteiger partial charge in [0.1, 0.15) is 0 Å². The summed E-state index contributed by atoms with van der Waals surface area (Å²) in [6.45, 7) is 4.84. The maximum Gasteiger partial charge on any atom is 0.180 e. The summed E-state index contributed by atoms with van der Waals surface area (Å²) in [4.78, 5) is 4.58. The van der Waals surface area contributed by atoms with Crippen LogP contribution in [0.4, 0.5) is 0 Å². The molecule has 0 saturated carbocycles. The van der Waals surface area contributed by atoms with Gasteiger partial charge in [0.25, 0.3) is 0 Å². The normalized spacial score (nSPS) is 26.6. The van der Waals surface area contributed by atoms with Gasteiger partial charge in [-0.1, -0.05) is 30.3 Å². The molecule has 1 atom stereocenters. The predicted molar refractivity (Wildman–Crippen MR) is 57.5 cm³/mol. The lowest BCUT2D eigenvalue weighted by atomic mass is 9.89. The van der Waals surface area contributed by atoms with Crippen LogP contribution in [0.1, 0.15) is 25.8 Å². The fraction of sp³-hybridized carbons (Fsp3) is 0.417. The van der Waals surface area contributed by atoms with Gasteiger partial charge in [0.2, 0.25) is 0 Å². The van der Waals surface area contributed by atoms with Gasteiger partial charge in [-0.25, -0.2) is 4.99 Å². The van der Waals surface area contributed by atoms with Gasteiger partial charge in [0.15, 0.2) is 5.90 Å². The molecule has 2 nitrogen and oxygen atoms in total. The Morgan fingerprint density at radius 1 is 1.29 bits per heavy atom. The first-order chi connectivity index (χ1) is 6.71. The fourth-order valence-electron chi connectivity index (χ4n) is 1.84. The molecule has 0 aliphatic carbocycles. The maximum absolute atomic E-state index is 5.34. The molecule has 74 valence electrons. The van der Waals surface area contributed by atoms with Gasteiger partial charge in [-0.3, -0.25) is 0 Å². The molecule has 1 aromatic rings. The number of nitrogens with zero attached hydrogens (tertiary/aromatic N) is 1. The lowest BCUT2D eigenvalue weighted by Crippen LogP contribution is -2.28. The molecule has 2 rings (SSSR count). The topological polar surface area (TPSA) is 21.6 Å². The van der Waals surface area contributed by atoms with E-state index in [1.807, 2.05) is 13.0 Å². The number of hydrogen-bond acceptors (Lipinski definition) is 2. The average Bonchev–Trinajstić information content (AvgIpc) is 2.19. The van der Waals surface area contributed by atoms with E-state index < -0.39 is 0 Å². The van der Waals surface area contributed by atoms with Crippen LogP contribution < -0.4 is 0 Å². The minimum atomic E-state index is -0.0937. The SMILES string of the molecule is CC1=NC(C)(c2ccccc2)CCO1. The zero-order chi connectivity index (χ0) is 10.0. The van der Waals surface area contributed by atoms with Crippen LogP contribution in [-0.2, 0) is 10.3 Å². The first-order valence-corrected chi connectivity index (χ1v) is 4.95. The third-order valence-electron chi connectivity index (χ3n) is 2.70. The number of rotatable bonds is 1. The Morgan fingerprint density at radius 3 is 2.64 bits per heavy atom. The van der Waals surface area contributed by atoms with E-state index in [2.05, 4.69) is 36.2 Å². The first-order valence-electron chi connectivity index (χ1n) is 4.95. The lowest BCUT2D eigenvalue weighted by molar-refractivity contribution is 0.220. The molecular formula is C12H15NO. The standard InChI is InChI=1S/C12H15NO/c1-10-13-12(2,8-9-14-10)11-6-4-3-5-7-11/h3-7H,8-9H2,1-2H3. The third-order valence-corrected chi connectivity index (χ3v) is 2.70. The second-order valence-corrected chi connectivity index (χ2v) is 3.87. The second-order valence-electron chi connectivity index (χ2n) is 3.87. The Morgan fingerprint density at radius 2 is 2.00 bits per heavy atom. The maximum atomic E-state index is 5.34. The quantitative estimate of drug-likeness (QED) is 0.665. The smallest absolute Gasteiger partial charge is 0.180 e. The molecule has 0 amide bonds. The van der Waals surface area contributed by atoms with Gasteiger partial charge in [0, 0.05) is 13.3 Å². The van der Waals surface area contributed by atoms with Crippen molar-refractivity contribution in [2.75, 3.05) is 6.61 Å². The Bertz CT molecular complexity index is 345. The summed E-state index contributed by atoms with van der Waals surface area (Å²) in [5.41, 5.74) is 1.17. The van der Waals surface area contributed by atoms with Gasteiger partial charge >= 0.3 is 0 Å². The molecular weight excluding hydrogens is 174 g/mol. The van der Waals surface area contributed by atoms with E-state index in [0.717, 1.165) is 18.9 Å². The molecule has 1 aliphatic rings. The summed E-state index contributed by atoms with van der Waals surface area (Å²) in [5.74, 6) is 0.794. The molecule has 1 heterocycles. The van der Waals surface area contributed by atoms with Crippen LogP contribution in [0.25, 0.3) is 0 Å². The van der Waals surface area contributed by atoms with E-state index in [4.69, 9.17) is 4.74 Å². The van der Waals surface area contributed by atoms with Crippen molar-refractivity contribution < 1.29 is 4.74 Å². The molecule has 0 fully saturated rings. The van der Waals surface area contributed by atoms with Crippen LogP contribution in [0.3, 0.4) is 0 Å². The average molecular weight is 189 g/mol. The minimum Gasteiger partial charge on any atom is -0.481 e. The summed E-state index contributed by atoms with van der Waals surface area (Å²) in [7, 11) is 0. The van der Waals surface area contributed by atoms with E-state index in [1.165, 1.54) is 5.56 Å². The van der Waals surface area contributed by atoms with Crippen molar-refractivity contribution >= 4 is 5.90 Å². The van der Waals surface area contributed by atoms with E-state index in [0.29, 0.717) is 0 Å². The van der Waals surface area contributed by atoms with Gasteiger partial charge in [0.05, 0.1) is 12.1 Å². The molecule has 1 unspecified atom stereocenters. The molecule has 0 bridgehead atoms. The predicted octanol–water partition coefficient (Wildman–Crippen LogP) is 2.74. The van der Waals surface area contributed by atoms with E-state index in [9.17, 15) is 0 Å². The first kappa shape index (κ1) is 9.25. The van der Waals surface area contributed by atoms with E-state index in [1.54, 1.807) is 0 Å². The zero-order valence-electron chi connectivity index (χ0n) is 8.66. The zero-order valence-corrected chi connectivity index (χ0v) is 8.66. The Labute approximate surface area is 84.6 Å². The molecule has 14 heavy (non-hydrogen) atoms. The Balaban J connectivity index is 2.37. The highest BCUT2D eigenvalue weighted by atomic mass is 16.5.